The maximum Gasteiger partial charge on any atom is 0.255 e. The fourth-order valence-corrected chi connectivity index (χ4v) is 1.41. The van der Waals surface area contributed by atoms with Gasteiger partial charge in [-0.25, -0.2) is 0 Å². The summed E-state index contributed by atoms with van der Waals surface area (Å²) in [5.41, 5.74) is 1.46. The quantitative estimate of drug-likeness (QED) is 0.862. The van der Waals surface area contributed by atoms with Crippen LogP contribution in [0.25, 0.3) is 0 Å². The Labute approximate surface area is 109 Å². The number of rotatable bonds is 4. The Hall–Kier alpha value is -1.58. The van der Waals surface area contributed by atoms with Crippen molar-refractivity contribution in [2.75, 3.05) is 11.9 Å². The molecule has 0 bridgehead atoms. The molecule has 0 spiro atoms. The van der Waals surface area contributed by atoms with Gasteiger partial charge in [-0.15, -0.1) is 0 Å². The Kier molecular flexibility index (Phi) is 4.70. The molecule has 1 aromatic rings. The van der Waals surface area contributed by atoms with Gasteiger partial charge in [0.05, 0.1) is 11.3 Å². The van der Waals surface area contributed by atoms with Crippen LogP contribution in [-0.4, -0.2) is 23.5 Å². The van der Waals surface area contributed by atoms with Gasteiger partial charge >= 0.3 is 0 Å². The molecule has 18 heavy (non-hydrogen) atoms. The zero-order chi connectivity index (χ0) is 13.8. The number of amides is 1. The lowest BCUT2D eigenvalue weighted by molar-refractivity contribution is 0.0910. The smallest absolute Gasteiger partial charge is 0.255 e. The number of nitrogens with one attached hydrogen (secondary N) is 2. The molecule has 0 radical (unpaired) electrons. The van der Waals surface area contributed by atoms with Crippen LogP contribution in [-0.2, 0) is 0 Å². The van der Waals surface area contributed by atoms with Gasteiger partial charge in [0.25, 0.3) is 5.91 Å². The number of pyridine rings is 1. The van der Waals surface area contributed by atoms with Crippen LogP contribution >= 0.6 is 0 Å². The number of aromatic nitrogens is 1. The van der Waals surface area contributed by atoms with E-state index in [1.807, 2.05) is 19.9 Å². The van der Waals surface area contributed by atoms with Crippen molar-refractivity contribution in [1.29, 1.82) is 0 Å². The van der Waals surface area contributed by atoms with E-state index in [0.29, 0.717) is 5.56 Å². The number of hydrogen-bond acceptors (Lipinski definition) is 3. The van der Waals surface area contributed by atoms with E-state index in [2.05, 4.69) is 36.4 Å². The fourth-order valence-electron chi connectivity index (χ4n) is 1.41. The van der Waals surface area contributed by atoms with Gasteiger partial charge in [-0.1, -0.05) is 20.8 Å². The monoisotopic (exact) mass is 249 g/mol. The van der Waals surface area contributed by atoms with Crippen LogP contribution < -0.4 is 10.6 Å². The summed E-state index contributed by atoms with van der Waals surface area (Å²) < 4.78 is 0. The lowest BCUT2D eigenvalue weighted by Crippen LogP contribution is -2.41. The van der Waals surface area contributed by atoms with Gasteiger partial charge in [-0.3, -0.25) is 9.78 Å². The van der Waals surface area contributed by atoms with Crippen molar-refractivity contribution >= 4 is 11.6 Å². The normalized spacial score (nSPS) is 12.9. The first kappa shape index (κ1) is 14.5. The summed E-state index contributed by atoms with van der Waals surface area (Å²) in [7, 11) is 0. The van der Waals surface area contributed by atoms with Crippen LogP contribution in [0.5, 0.6) is 0 Å². The topological polar surface area (TPSA) is 54.0 Å². The van der Waals surface area contributed by atoms with E-state index in [1.165, 1.54) is 0 Å². The summed E-state index contributed by atoms with van der Waals surface area (Å²) in [5.74, 6) is -0.0820. The minimum absolute atomic E-state index is 0.0379. The largest absolute Gasteiger partial charge is 0.385 e. The maximum atomic E-state index is 12.2. The van der Waals surface area contributed by atoms with E-state index in [1.54, 1.807) is 12.4 Å². The minimum Gasteiger partial charge on any atom is -0.385 e. The lowest BCUT2D eigenvalue weighted by atomic mass is 9.88. The van der Waals surface area contributed by atoms with Gasteiger partial charge < -0.3 is 10.6 Å². The Balaban J connectivity index is 2.84. The first-order valence-corrected chi connectivity index (χ1v) is 6.35. The highest BCUT2D eigenvalue weighted by atomic mass is 16.1. The second-order valence-electron chi connectivity index (χ2n) is 5.51. The van der Waals surface area contributed by atoms with Gasteiger partial charge in [-0.2, -0.15) is 0 Å². The van der Waals surface area contributed by atoms with Gasteiger partial charge in [0, 0.05) is 25.0 Å². The number of carbonyl (C=O) groups is 1. The van der Waals surface area contributed by atoms with E-state index in [9.17, 15) is 4.79 Å². The Morgan fingerprint density at radius 3 is 2.67 bits per heavy atom. The standard InChI is InChI=1S/C14H23N3O/c1-6-16-12-7-8-15-9-11(12)13(18)17-10(2)14(3,4)5/h7-10H,6H2,1-5H3,(H,15,16)(H,17,18). The number of carbonyl (C=O) groups excluding carboxylic acids is 1. The molecule has 1 aromatic heterocycles. The van der Waals surface area contributed by atoms with Crippen molar-refractivity contribution in [2.24, 2.45) is 5.41 Å². The number of hydrogen-bond donors (Lipinski definition) is 2. The molecular formula is C14H23N3O. The van der Waals surface area contributed by atoms with Gasteiger partial charge in [-0.05, 0) is 25.3 Å². The molecule has 0 fully saturated rings. The third kappa shape index (κ3) is 3.72. The molecule has 2 N–H and O–H groups in total. The Morgan fingerprint density at radius 2 is 2.11 bits per heavy atom. The molecule has 0 saturated carbocycles. The van der Waals surface area contributed by atoms with Gasteiger partial charge in [0.1, 0.15) is 0 Å². The number of nitrogens with zero attached hydrogens (tertiary/aromatic N) is 1. The molecule has 0 aliphatic rings. The second-order valence-corrected chi connectivity index (χ2v) is 5.51. The van der Waals surface area contributed by atoms with Gasteiger partial charge in [0.2, 0.25) is 0 Å². The van der Waals surface area contributed by atoms with Crippen molar-refractivity contribution in [3.8, 4) is 0 Å². The molecule has 0 aliphatic heterocycles. The summed E-state index contributed by atoms with van der Waals surface area (Å²) in [4.78, 5) is 16.2. The SMILES string of the molecule is CCNc1ccncc1C(=O)NC(C)C(C)(C)C. The van der Waals surface area contributed by atoms with Crippen molar-refractivity contribution in [1.82, 2.24) is 10.3 Å². The van der Waals surface area contributed by atoms with E-state index in [-0.39, 0.29) is 17.4 Å². The Morgan fingerprint density at radius 1 is 1.44 bits per heavy atom. The molecule has 0 saturated heterocycles. The molecule has 100 valence electrons. The molecule has 4 nitrogen and oxygen atoms in total. The van der Waals surface area contributed by atoms with E-state index >= 15 is 0 Å². The molecule has 0 aliphatic carbocycles. The van der Waals surface area contributed by atoms with Crippen molar-refractivity contribution in [3.63, 3.8) is 0 Å². The zero-order valence-corrected chi connectivity index (χ0v) is 11.9. The fraction of sp³-hybridized carbons (Fsp3) is 0.571. The summed E-state index contributed by atoms with van der Waals surface area (Å²) in [6.07, 6.45) is 3.28. The van der Waals surface area contributed by atoms with Crippen molar-refractivity contribution in [3.05, 3.63) is 24.0 Å². The van der Waals surface area contributed by atoms with Gasteiger partial charge in [0.15, 0.2) is 0 Å². The maximum absolute atomic E-state index is 12.2. The molecule has 1 rings (SSSR count). The third-order valence-electron chi connectivity index (χ3n) is 3.08. The summed E-state index contributed by atoms with van der Waals surface area (Å²) in [6.45, 7) is 11.1. The van der Waals surface area contributed by atoms with Crippen LogP contribution in [0.15, 0.2) is 18.5 Å². The highest BCUT2D eigenvalue weighted by molar-refractivity contribution is 5.99. The summed E-state index contributed by atoms with van der Waals surface area (Å²) in [5, 5.41) is 6.18. The van der Waals surface area contributed by atoms with Crippen LogP contribution in [0.4, 0.5) is 5.69 Å². The van der Waals surface area contributed by atoms with Crippen LogP contribution in [0.2, 0.25) is 0 Å². The predicted molar refractivity (Wildman–Crippen MR) is 74.8 cm³/mol. The molecular weight excluding hydrogens is 226 g/mol. The third-order valence-corrected chi connectivity index (χ3v) is 3.08. The Bertz CT molecular complexity index is 410. The summed E-state index contributed by atoms with van der Waals surface area (Å²) >= 11 is 0. The lowest BCUT2D eigenvalue weighted by Gasteiger charge is -2.28. The average Bonchev–Trinajstić information content (AvgIpc) is 2.28. The van der Waals surface area contributed by atoms with Crippen molar-refractivity contribution < 1.29 is 4.79 Å². The van der Waals surface area contributed by atoms with Crippen LogP contribution in [0.1, 0.15) is 45.0 Å². The van der Waals surface area contributed by atoms with E-state index in [0.717, 1.165) is 12.2 Å². The molecule has 4 heteroatoms. The highest BCUT2D eigenvalue weighted by Gasteiger charge is 2.23. The average molecular weight is 249 g/mol. The van der Waals surface area contributed by atoms with Crippen LogP contribution in [0.3, 0.4) is 0 Å². The molecule has 1 unspecified atom stereocenters. The minimum atomic E-state index is -0.0820. The van der Waals surface area contributed by atoms with E-state index < -0.39 is 0 Å². The highest BCUT2D eigenvalue weighted by Crippen LogP contribution is 2.20. The van der Waals surface area contributed by atoms with Crippen molar-refractivity contribution in [2.45, 2.75) is 40.7 Å². The number of anilines is 1. The molecule has 1 atom stereocenters. The first-order valence-electron chi connectivity index (χ1n) is 6.35. The second kappa shape index (κ2) is 5.85. The zero-order valence-electron chi connectivity index (χ0n) is 11.9. The van der Waals surface area contributed by atoms with Crippen LogP contribution in [0, 0.1) is 5.41 Å². The first-order chi connectivity index (χ1) is 8.36. The molecule has 1 amide bonds. The molecule has 0 aromatic carbocycles. The summed E-state index contributed by atoms with van der Waals surface area (Å²) in [6, 6.07) is 1.92. The predicted octanol–water partition coefficient (Wildman–Crippen LogP) is 2.68. The van der Waals surface area contributed by atoms with E-state index in [4.69, 9.17) is 0 Å². The molecule has 1 heterocycles.